The largest absolute Gasteiger partial charge is 0.397 e. The molecule has 1 aromatic rings. The molecule has 0 saturated carbocycles. The monoisotopic (exact) mass is 200 g/mol. The van der Waals surface area contributed by atoms with Crippen molar-refractivity contribution in [2.45, 2.75) is 13.8 Å². The summed E-state index contributed by atoms with van der Waals surface area (Å²) in [6.45, 7) is 7.63. The molecule has 0 aromatic carbocycles. The Morgan fingerprint density at radius 2 is 2.27 bits per heavy atom. The van der Waals surface area contributed by atoms with Gasteiger partial charge in [0.05, 0.1) is 11.4 Å². The van der Waals surface area contributed by atoms with Crippen LogP contribution in [0.5, 0.6) is 0 Å². The van der Waals surface area contributed by atoms with Crippen LogP contribution in [0.25, 0.3) is 5.70 Å². The zero-order valence-corrected chi connectivity index (χ0v) is 9.20. The molecule has 0 saturated heterocycles. The van der Waals surface area contributed by atoms with Crippen LogP contribution in [0.1, 0.15) is 18.2 Å². The van der Waals surface area contributed by atoms with Crippen LogP contribution in [0.15, 0.2) is 48.7 Å². The van der Waals surface area contributed by atoms with Gasteiger partial charge in [0.1, 0.15) is 0 Å². The predicted octanol–water partition coefficient (Wildman–Crippen LogP) is 2.82. The van der Waals surface area contributed by atoms with Crippen LogP contribution in [-0.4, -0.2) is 4.98 Å². The van der Waals surface area contributed by atoms with Gasteiger partial charge in [-0.25, -0.2) is 0 Å². The third-order valence-corrected chi connectivity index (χ3v) is 1.98. The standard InChI is InChI=1S/C13H16N2/c1-4-5-10(2)8-12(14)13-9-11(3)6-7-15-13/h4-9H,1,14H2,2-3H3/b10-5-,12-8-. The molecule has 1 rings (SSSR count). The van der Waals surface area contributed by atoms with Crippen molar-refractivity contribution in [3.05, 3.63) is 60.0 Å². The van der Waals surface area contributed by atoms with E-state index >= 15 is 0 Å². The normalized spacial score (nSPS) is 12.7. The highest BCUT2D eigenvalue weighted by Gasteiger charge is 1.97. The van der Waals surface area contributed by atoms with Gasteiger partial charge in [0, 0.05) is 6.20 Å². The summed E-state index contributed by atoms with van der Waals surface area (Å²) in [6.07, 6.45) is 7.30. The summed E-state index contributed by atoms with van der Waals surface area (Å²) in [6, 6.07) is 3.91. The topological polar surface area (TPSA) is 38.9 Å². The number of aromatic nitrogens is 1. The summed E-state index contributed by atoms with van der Waals surface area (Å²) in [5.74, 6) is 0. The zero-order chi connectivity index (χ0) is 11.3. The maximum atomic E-state index is 5.92. The highest BCUT2D eigenvalue weighted by Crippen LogP contribution is 2.10. The first-order valence-electron chi connectivity index (χ1n) is 4.83. The van der Waals surface area contributed by atoms with Crippen molar-refractivity contribution in [2.24, 2.45) is 5.73 Å². The fourth-order valence-electron chi connectivity index (χ4n) is 1.25. The van der Waals surface area contributed by atoms with E-state index in [1.807, 2.05) is 38.1 Å². The number of nitrogens with two attached hydrogens (primary N) is 1. The maximum absolute atomic E-state index is 5.92. The molecule has 0 unspecified atom stereocenters. The first-order valence-corrected chi connectivity index (χ1v) is 4.83. The molecule has 0 aliphatic heterocycles. The van der Waals surface area contributed by atoms with Gasteiger partial charge in [0.25, 0.3) is 0 Å². The summed E-state index contributed by atoms with van der Waals surface area (Å²) >= 11 is 0. The Morgan fingerprint density at radius 1 is 1.53 bits per heavy atom. The van der Waals surface area contributed by atoms with Crippen molar-refractivity contribution in [1.82, 2.24) is 4.98 Å². The second kappa shape index (κ2) is 5.15. The molecule has 15 heavy (non-hydrogen) atoms. The van der Waals surface area contributed by atoms with Gasteiger partial charge in [0.15, 0.2) is 0 Å². The molecule has 78 valence electrons. The Morgan fingerprint density at radius 3 is 2.87 bits per heavy atom. The molecule has 1 heterocycles. The summed E-state index contributed by atoms with van der Waals surface area (Å²) in [4.78, 5) is 4.21. The summed E-state index contributed by atoms with van der Waals surface area (Å²) in [7, 11) is 0. The molecule has 0 atom stereocenters. The first kappa shape index (κ1) is 11.2. The zero-order valence-electron chi connectivity index (χ0n) is 9.20. The maximum Gasteiger partial charge on any atom is 0.0861 e. The van der Waals surface area contributed by atoms with E-state index < -0.39 is 0 Å². The second-order valence-electron chi connectivity index (χ2n) is 3.46. The molecule has 2 heteroatoms. The Balaban J connectivity index is 2.98. The summed E-state index contributed by atoms with van der Waals surface area (Å²) < 4.78 is 0. The number of nitrogens with zero attached hydrogens (tertiary/aromatic N) is 1. The minimum Gasteiger partial charge on any atom is -0.397 e. The lowest BCUT2D eigenvalue weighted by atomic mass is 10.1. The lowest BCUT2D eigenvalue weighted by molar-refractivity contribution is 1.22. The molecule has 1 aromatic heterocycles. The van der Waals surface area contributed by atoms with Crippen molar-refractivity contribution in [3.63, 3.8) is 0 Å². The molecule has 0 radical (unpaired) electrons. The predicted molar refractivity (Wildman–Crippen MR) is 65.1 cm³/mol. The van der Waals surface area contributed by atoms with Crippen molar-refractivity contribution in [2.75, 3.05) is 0 Å². The number of allylic oxidation sites excluding steroid dienone is 4. The Kier molecular flexibility index (Phi) is 3.86. The average Bonchev–Trinajstić information content (AvgIpc) is 2.18. The molecule has 0 fully saturated rings. The highest BCUT2D eigenvalue weighted by molar-refractivity contribution is 5.62. The molecule has 2 N–H and O–H groups in total. The minimum absolute atomic E-state index is 0.675. The second-order valence-corrected chi connectivity index (χ2v) is 3.46. The molecule has 0 amide bonds. The van der Waals surface area contributed by atoms with Crippen molar-refractivity contribution >= 4 is 5.70 Å². The third kappa shape index (κ3) is 3.43. The van der Waals surface area contributed by atoms with Gasteiger partial charge in [-0.15, -0.1) is 0 Å². The van der Waals surface area contributed by atoms with Gasteiger partial charge in [-0.3, -0.25) is 4.98 Å². The highest BCUT2D eigenvalue weighted by atomic mass is 14.7. The van der Waals surface area contributed by atoms with Crippen LogP contribution in [0, 0.1) is 6.92 Å². The SMILES string of the molecule is C=C/C=C(C)\C=C(/N)c1cc(C)ccn1. The lowest BCUT2D eigenvalue weighted by Crippen LogP contribution is -1.99. The Hall–Kier alpha value is -1.83. The van der Waals surface area contributed by atoms with E-state index in [0.717, 1.165) is 16.8 Å². The van der Waals surface area contributed by atoms with Gasteiger partial charge in [0.2, 0.25) is 0 Å². The van der Waals surface area contributed by atoms with Gasteiger partial charge >= 0.3 is 0 Å². The van der Waals surface area contributed by atoms with Gasteiger partial charge < -0.3 is 5.73 Å². The smallest absolute Gasteiger partial charge is 0.0861 e. The first-order chi connectivity index (χ1) is 7.13. The molecule has 2 nitrogen and oxygen atoms in total. The van der Waals surface area contributed by atoms with Crippen LogP contribution in [0.4, 0.5) is 0 Å². The molecule has 0 spiro atoms. The van der Waals surface area contributed by atoms with Crippen molar-refractivity contribution < 1.29 is 0 Å². The number of hydrogen-bond acceptors (Lipinski definition) is 2. The van der Waals surface area contributed by atoms with Crippen molar-refractivity contribution in [1.29, 1.82) is 0 Å². The van der Waals surface area contributed by atoms with E-state index in [2.05, 4.69) is 11.6 Å². The molecular formula is C13H16N2. The molecule has 0 aliphatic carbocycles. The fraction of sp³-hybridized carbons (Fsp3) is 0.154. The third-order valence-electron chi connectivity index (χ3n) is 1.98. The number of aryl methyl sites for hydroxylation is 1. The van der Waals surface area contributed by atoms with E-state index in [0.29, 0.717) is 5.70 Å². The fourth-order valence-corrected chi connectivity index (χ4v) is 1.25. The summed E-state index contributed by atoms with van der Waals surface area (Å²) in [5.41, 5.74) is 9.62. The number of rotatable bonds is 3. The van der Waals surface area contributed by atoms with E-state index in [9.17, 15) is 0 Å². The average molecular weight is 200 g/mol. The minimum atomic E-state index is 0.675. The quantitative estimate of drug-likeness (QED) is 0.762. The van der Waals surface area contributed by atoms with Crippen LogP contribution >= 0.6 is 0 Å². The van der Waals surface area contributed by atoms with Crippen LogP contribution in [-0.2, 0) is 0 Å². The van der Waals surface area contributed by atoms with Gasteiger partial charge in [-0.1, -0.05) is 18.7 Å². The van der Waals surface area contributed by atoms with Gasteiger partial charge in [-0.05, 0) is 43.2 Å². The Labute approximate surface area is 90.8 Å². The van der Waals surface area contributed by atoms with Crippen molar-refractivity contribution in [3.8, 4) is 0 Å². The lowest BCUT2D eigenvalue weighted by Gasteiger charge is -2.01. The molecular weight excluding hydrogens is 184 g/mol. The van der Waals surface area contributed by atoms with Crippen LogP contribution < -0.4 is 5.73 Å². The molecule has 0 aliphatic rings. The molecule has 0 bridgehead atoms. The van der Waals surface area contributed by atoms with E-state index in [-0.39, 0.29) is 0 Å². The van der Waals surface area contributed by atoms with Crippen LogP contribution in [0.2, 0.25) is 0 Å². The van der Waals surface area contributed by atoms with E-state index in [1.54, 1.807) is 12.3 Å². The van der Waals surface area contributed by atoms with Gasteiger partial charge in [-0.2, -0.15) is 0 Å². The van der Waals surface area contributed by atoms with Crippen LogP contribution in [0.3, 0.4) is 0 Å². The Bertz CT molecular complexity index is 414. The number of hydrogen-bond donors (Lipinski definition) is 1. The van der Waals surface area contributed by atoms with E-state index in [4.69, 9.17) is 5.73 Å². The number of pyridine rings is 1. The summed E-state index contributed by atoms with van der Waals surface area (Å²) in [5, 5.41) is 0. The van der Waals surface area contributed by atoms with E-state index in [1.165, 1.54) is 0 Å².